The molecule has 0 aliphatic carbocycles. The number of methoxy groups -OCH3 is 1. The number of piperidine rings is 1. The van der Waals surface area contributed by atoms with E-state index in [1.807, 2.05) is 12.1 Å². The van der Waals surface area contributed by atoms with Crippen LogP contribution < -0.4 is 10.3 Å². The standard InChI is InChI=1S/C22H23FN4O2/c1-29-18-5-4-16(19(23)11-18)13-27-10-2-3-17(14-27)22-25-20(12-21(28)26-22)15-6-8-24-9-7-15/h4-9,11-12,17H,2-3,10,13-14H2,1H3,(H,25,26,28). The van der Waals surface area contributed by atoms with Crippen LogP contribution in [0.15, 0.2) is 53.6 Å². The van der Waals surface area contributed by atoms with Crippen LogP contribution in [0.4, 0.5) is 4.39 Å². The highest BCUT2D eigenvalue weighted by atomic mass is 19.1. The van der Waals surface area contributed by atoms with Gasteiger partial charge >= 0.3 is 0 Å². The van der Waals surface area contributed by atoms with Gasteiger partial charge in [-0.15, -0.1) is 0 Å². The summed E-state index contributed by atoms with van der Waals surface area (Å²) in [7, 11) is 1.53. The Hall–Kier alpha value is -3.06. The molecular weight excluding hydrogens is 371 g/mol. The van der Waals surface area contributed by atoms with Gasteiger partial charge < -0.3 is 9.72 Å². The summed E-state index contributed by atoms with van der Waals surface area (Å²) in [5, 5.41) is 0. The monoisotopic (exact) mass is 394 g/mol. The number of likely N-dealkylation sites (tertiary alicyclic amines) is 1. The Kier molecular flexibility index (Phi) is 5.67. The van der Waals surface area contributed by atoms with Crippen LogP contribution in [0.25, 0.3) is 11.3 Å². The van der Waals surface area contributed by atoms with Crippen molar-refractivity contribution in [2.75, 3.05) is 20.2 Å². The minimum absolute atomic E-state index is 0.0968. The van der Waals surface area contributed by atoms with Gasteiger partial charge in [0.15, 0.2) is 0 Å². The van der Waals surface area contributed by atoms with Crippen molar-refractivity contribution in [1.82, 2.24) is 19.9 Å². The van der Waals surface area contributed by atoms with E-state index in [4.69, 9.17) is 9.72 Å². The lowest BCUT2D eigenvalue weighted by Crippen LogP contribution is -2.35. The second-order valence-corrected chi connectivity index (χ2v) is 7.28. The van der Waals surface area contributed by atoms with Gasteiger partial charge in [0, 0.05) is 54.7 Å². The SMILES string of the molecule is COc1ccc(CN2CCCC(c3nc(-c4ccncc4)cc(=O)[nH]3)C2)c(F)c1. The van der Waals surface area contributed by atoms with E-state index in [2.05, 4.69) is 14.9 Å². The Morgan fingerprint density at radius 3 is 2.83 bits per heavy atom. The molecule has 1 unspecified atom stereocenters. The van der Waals surface area contributed by atoms with Crippen molar-refractivity contribution in [3.8, 4) is 17.0 Å². The van der Waals surface area contributed by atoms with Crippen LogP contribution in [0.2, 0.25) is 0 Å². The number of aromatic nitrogens is 3. The zero-order chi connectivity index (χ0) is 20.2. The van der Waals surface area contributed by atoms with Gasteiger partial charge in [0.2, 0.25) is 0 Å². The molecule has 4 rings (SSSR count). The first-order valence-electron chi connectivity index (χ1n) is 9.69. The van der Waals surface area contributed by atoms with E-state index in [1.165, 1.54) is 19.2 Å². The second kappa shape index (κ2) is 8.53. The maximum absolute atomic E-state index is 14.3. The molecule has 1 fully saturated rings. The maximum atomic E-state index is 14.3. The molecule has 1 aliphatic rings. The Balaban J connectivity index is 1.53. The Labute approximate surface area is 168 Å². The van der Waals surface area contributed by atoms with Gasteiger partial charge in [-0.3, -0.25) is 14.7 Å². The molecule has 1 saturated heterocycles. The number of rotatable bonds is 5. The average molecular weight is 394 g/mol. The van der Waals surface area contributed by atoms with Gasteiger partial charge in [0.05, 0.1) is 12.8 Å². The molecule has 29 heavy (non-hydrogen) atoms. The third kappa shape index (κ3) is 4.51. The lowest BCUT2D eigenvalue weighted by Gasteiger charge is -2.32. The Morgan fingerprint density at radius 2 is 2.07 bits per heavy atom. The fourth-order valence-electron chi connectivity index (χ4n) is 3.79. The van der Waals surface area contributed by atoms with Crippen molar-refractivity contribution in [3.05, 3.63) is 76.4 Å². The first-order chi connectivity index (χ1) is 14.1. The molecule has 0 bridgehead atoms. The topological polar surface area (TPSA) is 71.1 Å². The predicted molar refractivity (Wildman–Crippen MR) is 108 cm³/mol. The summed E-state index contributed by atoms with van der Waals surface area (Å²) < 4.78 is 19.4. The van der Waals surface area contributed by atoms with Gasteiger partial charge in [-0.2, -0.15) is 0 Å². The number of aromatic amines is 1. The van der Waals surface area contributed by atoms with Crippen LogP contribution in [-0.4, -0.2) is 40.1 Å². The van der Waals surface area contributed by atoms with E-state index >= 15 is 0 Å². The number of nitrogens with one attached hydrogen (secondary N) is 1. The van der Waals surface area contributed by atoms with E-state index in [0.717, 1.165) is 24.9 Å². The zero-order valence-electron chi connectivity index (χ0n) is 16.3. The number of pyridine rings is 1. The molecule has 0 saturated carbocycles. The molecule has 3 aromatic rings. The first-order valence-corrected chi connectivity index (χ1v) is 9.69. The third-order valence-corrected chi connectivity index (χ3v) is 5.28. The summed E-state index contributed by atoms with van der Waals surface area (Å²) in [5.74, 6) is 1.03. The zero-order valence-corrected chi connectivity index (χ0v) is 16.3. The lowest BCUT2D eigenvalue weighted by atomic mass is 9.96. The first kappa shape index (κ1) is 19.3. The molecule has 1 aromatic carbocycles. The average Bonchev–Trinajstić information content (AvgIpc) is 2.75. The minimum Gasteiger partial charge on any atom is -0.497 e. The normalized spacial score (nSPS) is 17.2. The molecular formula is C22H23FN4O2. The van der Waals surface area contributed by atoms with Crippen LogP contribution in [0.5, 0.6) is 5.75 Å². The number of H-pyrrole nitrogens is 1. The van der Waals surface area contributed by atoms with Crippen molar-refractivity contribution in [3.63, 3.8) is 0 Å². The molecule has 3 heterocycles. The minimum atomic E-state index is -0.266. The number of nitrogens with zero attached hydrogens (tertiary/aromatic N) is 3. The van der Waals surface area contributed by atoms with Crippen molar-refractivity contribution in [1.29, 1.82) is 0 Å². The van der Waals surface area contributed by atoms with E-state index in [9.17, 15) is 9.18 Å². The van der Waals surface area contributed by atoms with Crippen molar-refractivity contribution in [2.45, 2.75) is 25.3 Å². The smallest absolute Gasteiger partial charge is 0.251 e. The summed E-state index contributed by atoms with van der Waals surface area (Å²) in [4.78, 5) is 26.0. The molecule has 7 heteroatoms. The number of hydrogen-bond acceptors (Lipinski definition) is 5. The quantitative estimate of drug-likeness (QED) is 0.719. The summed E-state index contributed by atoms with van der Waals surface area (Å²) in [6.07, 6.45) is 5.27. The highest BCUT2D eigenvalue weighted by molar-refractivity contribution is 5.57. The summed E-state index contributed by atoms with van der Waals surface area (Å²) in [6.45, 7) is 2.12. The fourth-order valence-corrected chi connectivity index (χ4v) is 3.79. The molecule has 2 aromatic heterocycles. The number of halogens is 1. The van der Waals surface area contributed by atoms with Crippen LogP contribution >= 0.6 is 0 Å². The van der Waals surface area contributed by atoms with Gasteiger partial charge in [-0.25, -0.2) is 9.37 Å². The van der Waals surface area contributed by atoms with Crippen molar-refractivity contribution < 1.29 is 9.13 Å². The van der Waals surface area contributed by atoms with Crippen LogP contribution in [0, 0.1) is 5.82 Å². The molecule has 1 atom stereocenters. The van der Waals surface area contributed by atoms with Crippen LogP contribution in [-0.2, 0) is 6.54 Å². The largest absolute Gasteiger partial charge is 0.497 e. The Bertz CT molecular complexity index is 1040. The van der Waals surface area contributed by atoms with Gasteiger partial charge in [0.1, 0.15) is 17.4 Å². The van der Waals surface area contributed by atoms with Gasteiger partial charge in [-0.05, 0) is 37.6 Å². The van der Waals surface area contributed by atoms with E-state index < -0.39 is 0 Å². The number of hydrogen-bond donors (Lipinski definition) is 1. The third-order valence-electron chi connectivity index (χ3n) is 5.28. The van der Waals surface area contributed by atoms with Gasteiger partial charge in [0.25, 0.3) is 5.56 Å². The van der Waals surface area contributed by atoms with Crippen molar-refractivity contribution >= 4 is 0 Å². The molecule has 0 amide bonds. The van der Waals surface area contributed by atoms with Gasteiger partial charge in [-0.1, -0.05) is 6.07 Å². The molecule has 0 spiro atoms. The molecule has 150 valence electrons. The van der Waals surface area contributed by atoms with E-state index in [0.29, 0.717) is 35.9 Å². The highest BCUT2D eigenvalue weighted by Crippen LogP contribution is 2.27. The number of ether oxygens (including phenoxy) is 1. The van der Waals surface area contributed by atoms with Crippen molar-refractivity contribution in [2.24, 2.45) is 0 Å². The summed E-state index contributed by atoms with van der Waals surface area (Å²) >= 11 is 0. The fraction of sp³-hybridized carbons (Fsp3) is 0.318. The Morgan fingerprint density at radius 1 is 1.24 bits per heavy atom. The summed E-state index contributed by atoms with van der Waals surface area (Å²) in [5.41, 5.74) is 1.98. The van der Waals surface area contributed by atoms with Crippen LogP contribution in [0.3, 0.4) is 0 Å². The molecule has 6 nitrogen and oxygen atoms in total. The van der Waals surface area contributed by atoms with E-state index in [1.54, 1.807) is 24.5 Å². The number of benzene rings is 1. The van der Waals surface area contributed by atoms with Crippen LogP contribution in [0.1, 0.15) is 30.1 Å². The predicted octanol–water partition coefficient (Wildman–Crippen LogP) is 3.36. The molecule has 0 radical (unpaired) electrons. The second-order valence-electron chi connectivity index (χ2n) is 7.28. The van der Waals surface area contributed by atoms with E-state index in [-0.39, 0.29) is 17.3 Å². The molecule has 1 N–H and O–H groups in total. The lowest BCUT2D eigenvalue weighted by molar-refractivity contribution is 0.194. The highest BCUT2D eigenvalue weighted by Gasteiger charge is 2.24. The summed E-state index contributed by atoms with van der Waals surface area (Å²) in [6, 6.07) is 10.1. The maximum Gasteiger partial charge on any atom is 0.251 e. The molecule has 1 aliphatic heterocycles.